The summed E-state index contributed by atoms with van der Waals surface area (Å²) in [5.74, 6) is 0.964. The van der Waals surface area contributed by atoms with Crippen molar-refractivity contribution in [2.75, 3.05) is 6.54 Å². The summed E-state index contributed by atoms with van der Waals surface area (Å²) in [5, 5.41) is 3.02. The van der Waals surface area contributed by atoms with E-state index in [2.05, 4.69) is 19.2 Å². The highest BCUT2D eigenvalue weighted by Gasteiger charge is 2.53. The van der Waals surface area contributed by atoms with Crippen molar-refractivity contribution in [1.29, 1.82) is 0 Å². The predicted molar refractivity (Wildman–Crippen MR) is 74.5 cm³/mol. The average molecular weight is 266 g/mol. The average Bonchev–Trinajstić information content (AvgIpc) is 3.17. The van der Waals surface area contributed by atoms with Gasteiger partial charge in [-0.25, -0.2) is 0 Å². The van der Waals surface area contributed by atoms with Crippen molar-refractivity contribution in [1.82, 2.24) is 10.2 Å². The second-order valence-corrected chi connectivity index (χ2v) is 6.41. The Morgan fingerprint density at radius 1 is 1.26 bits per heavy atom. The van der Waals surface area contributed by atoms with Gasteiger partial charge in [-0.15, -0.1) is 0 Å². The van der Waals surface area contributed by atoms with Crippen LogP contribution in [0.2, 0.25) is 0 Å². The molecule has 108 valence electrons. The number of hydrogen-bond acceptors (Lipinski definition) is 2. The van der Waals surface area contributed by atoms with Gasteiger partial charge < -0.3 is 10.2 Å². The van der Waals surface area contributed by atoms with E-state index >= 15 is 0 Å². The second-order valence-electron chi connectivity index (χ2n) is 6.41. The molecule has 0 aromatic heterocycles. The number of piperazine rings is 1. The lowest BCUT2D eigenvalue weighted by atomic mass is 9.86. The van der Waals surface area contributed by atoms with Crippen LogP contribution < -0.4 is 5.32 Å². The van der Waals surface area contributed by atoms with E-state index in [1.54, 1.807) is 0 Å². The zero-order chi connectivity index (χ0) is 14.2. The fraction of sp³-hybridized carbons (Fsp3) is 0.867. The van der Waals surface area contributed by atoms with Crippen molar-refractivity contribution in [3.05, 3.63) is 0 Å². The fourth-order valence-corrected chi connectivity index (χ4v) is 3.11. The molecule has 1 aliphatic carbocycles. The Hall–Kier alpha value is -1.06. The molecule has 1 unspecified atom stereocenters. The van der Waals surface area contributed by atoms with Crippen molar-refractivity contribution in [2.24, 2.45) is 11.8 Å². The molecule has 1 saturated heterocycles. The fourth-order valence-electron chi connectivity index (χ4n) is 3.11. The third-order valence-corrected chi connectivity index (χ3v) is 4.47. The molecule has 2 fully saturated rings. The van der Waals surface area contributed by atoms with E-state index in [-0.39, 0.29) is 17.9 Å². The van der Waals surface area contributed by atoms with Gasteiger partial charge in [0.15, 0.2) is 0 Å². The first-order chi connectivity index (χ1) is 8.95. The van der Waals surface area contributed by atoms with E-state index in [0.29, 0.717) is 31.2 Å². The Morgan fingerprint density at radius 3 is 2.26 bits per heavy atom. The third-order valence-electron chi connectivity index (χ3n) is 4.47. The van der Waals surface area contributed by atoms with Gasteiger partial charge in [0.05, 0.1) is 0 Å². The molecule has 2 amide bonds. The van der Waals surface area contributed by atoms with E-state index in [1.165, 1.54) is 0 Å². The summed E-state index contributed by atoms with van der Waals surface area (Å²) >= 11 is 0. The van der Waals surface area contributed by atoms with Gasteiger partial charge in [0.25, 0.3) is 0 Å². The third kappa shape index (κ3) is 2.49. The van der Waals surface area contributed by atoms with Crippen molar-refractivity contribution in [2.45, 2.75) is 65.0 Å². The zero-order valence-electron chi connectivity index (χ0n) is 12.5. The normalized spacial score (nSPS) is 26.8. The lowest BCUT2D eigenvalue weighted by Crippen LogP contribution is -2.70. The Morgan fingerprint density at radius 2 is 1.84 bits per heavy atom. The number of hydrogen-bond donors (Lipinski definition) is 1. The number of carbonyl (C=O) groups is 2. The summed E-state index contributed by atoms with van der Waals surface area (Å²) in [6, 6.07) is -0.221. The molecular formula is C15H26N2O2. The molecule has 1 N–H and O–H groups in total. The maximum absolute atomic E-state index is 12.8. The summed E-state index contributed by atoms with van der Waals surface area (Å²) in [6.45, 7) is 8.85. The van der Waals surface area contributed by atoms with E-state index in [0.717, 1.165) is 12.8 Å². The second kappa shape index (κ2) is 5.14. The molecule has 0 radical (unpaired) electrons. The largest absolute Gasteiger partial charge is 0.340 e. The van der Waals surface area contributed by atoms with Crippen molar-refractivity contribution in [3.63, 3.8) is 0 Å². The van der Waals surface area contributed by atoms with Gasteiger partial charge in [-0.05, 0) is 37.5 Å². The van der Waals surface area contributed by atoms with E-state index in [9.17, 15) is 9.59 Å². The van der Waals surface area contributed by atoms with Crippen LogP contribution in [0, 0.1) is 11.8 Å². The number of carbonyl (C=O) groups excluding carboxylic acids is 2. The van der Waals surface area contributed by atoms with Crippen LogP contribution in [0.3, 0.4) is 0 Å². The monoisotopic (exact) mass is 266 g/mol. The molecule has 1 heterocycles. The van der Waals surface area contributed by atoms with Gasteiger partial charge in [0, 0.05) is 6.54 Å². The molecule has 1 aliphatic heterocycles. The number of nitrogens with one attached hydrogen (secondary N) is 1. The number of amides is 2. The highest BCUT2D eigenvalue weighted by Crippen LogP contribution is 2.39. The molecule has 2 rings (SSSR count). The Labute approximate surface area is 115 Å². The minimum absolute atomic E-state index is 0.0615. The summed E-state index contributed by atoms with van der Waals surface area (Å²) in [5.41, 5.74) is -0.669. The molecule has 19 heavy (non-hydrogen) atoms. The van der Waals surface area contributed by atoms with E-state index < -0.39 is 5.54 Å². The van der Waals surface area contributed by atoms with Crippen LogP contribution in [0.4, 0.5) is 0 Å². The summed E-state index contributed by atoms with van der Waals surface area (Å²) in [7, 11) is 0. The van der Waals surface area contributed by atoms with E-state index in [4.69, 9.17) is 0 Å². The summed E-state index contributed by atoms with van der Waals surface area (Å²) in [6.07, 6.45) is 3.48. The quantitative estimate of drug-likeness (QED) is 0.826. The zero-order valence-corrected chi connectivity index (χ0v) is 12.5. The van der Waals surface area contributed by atoms with Gasteiger partial charge in [-0.2, -0.15) is 0 Å². The van der Waals surface area contributed by atoms with Gasteiger partial charge in [-0.1, -0.05) is 27.7 Å². The molecule has 0 bridgehead atoms. The summed E-state index contributed by atoms with van der Waals surface area (Å²) < 4.78 is 0. The molecule has 0 aromatic rings. The highest BCUT2D eigenvalue weighted by molar-refractivity contribution is 6.00. The lowest BCUT2D eigenvalue weighted by Gasteiger charge is -2.46. The van der Waals surface area contributed by atoms with Crippen LogP contribution in [-0.2, 0) is 9.59 Å². The molecular weight excluding hydrogens is 240 g/mol. The van der Waals surface area contributed by atoms with Gasteiger partial charge in [0.1, 0.15) is 11.6 Å². The van der Waals surface area contributed by atoms with Gasteiger partial charge in [0.2, 0.25) is 11.8 Å². The van der Waals surface area contributed by atoms with Gasteiger partial charge >= 0.3 is 0 Å². The van der Waals surface area contributed by atoms with Crippen molar-refractivity contribution >= 4 is 11.8 Å². The van der Waals surface area contributed by atoms with Crippen LogP contribution >= 0.6 is 0 Å². The number of nitrogens with zero attached hydrogens (tertiary/aromatic N) is 1. The SMILES string of the molecule is CCC1(CC)NC(=O)C(C2CC2)N(CC(C)C)C1=O. The molecule has 2 aliphatic rings. The minimum Gasteiger partial charge on any atom is -0.340 e. The standard InChI is InChI=1S/C15H26N2O2/c1-5-15(6-2)14(19)17(9-10(3)4)12(11-7-8-11)13(18)16-15/h10-12H,5-9H2,1-4H3,(H,16,18). The Bertz CT molecular complexity index is 370. The first-order valence-corrected chi connectivity index (χ1v) is 7.58. The topological polar surface area (TPSA) is 49.4 Å². The maximum atomic E-state index is 12.8. The van der Waals surface area contributed by atoms with Crippen LogP contribution in [0.15, 0.2) is 0 Å². The van der Waals surface area contributed by atoms with Crippen molar-refractivity contribution in [3.8, 4) is 0 Å². The molecule has 1 atom stereocenters. The van der Waals surface area contributed by atoms with E-state index in [1.807, 2.05) is 18.7 Å². The molecule has 1 saturated carbocycles. The lowest BCUT2D eigenvalue weighted by molar-refractivity contribution is -0.157. The minimum atomic E-state index is -0.669. The Balaban J connectivity index is 2.30. The van der Waals surface area contributed by atoms with Crippen molar-refractivity contribution < 1.29 is 9.59 Å². The molecule has 0 aromatic carbocycles. The van der Waals surface area contributed by atoms with Crippen LogP contribution in [-0.4, -0.2) is 34.8 Å². The smallest absolute Gasteiger partial charge is 0.249 e. The van der Waals surface area contributed by atoms with Crippen LogP contribution in [0.25, 0.3) is 0 Å². The predicted octanol–water partition coefficient (Wildman–Crippen LogP) is 1.94. The van der Waals surface area contributed by atoms with Gasteiger partial charge in [-0.3, -0.25) is 9.59 Å². The first kappa shape index (κ1) is 14.4. The Kier molecular flexibility index (Phi) is 3.88. The summed E-state index contributed by atoms with van der Waals surface area (Å²) in [4.78, 5) is 27.2. The van der Waals surface area contributed by atoms with Crippen LogP contribution in [0.5, 0.6) is 0 Å². The molecule has 4 nitrogen and oxygen atoms in total. The van der Waals surface area contributed by atoms with Crippen LogP contribution in [0.1, 0.15) is 53.4 Å². The molecule has 4 heteroatoms. The number of rotatable bonds is 5. The highest BCUT2D eigenvalue weighted by atomic mass is 16.2. The first-order valence-electron chi connectivity index (χ1n) is 7.58. The molecule has 0 spiro atoms. The maximum Gasteiger partial charge on any atom is 0.249 e.